The van der Waals surface area contributed by atoms with Crippen LogP contribution in [0.4, 0.5) is 0 Å². The summed E-state index contributed by atoms with van der Waals surface area (Å²) < 4.78 is 1.94. The number of carbonyl (C=O) groups is 1. The van der Waals surface area contributed by atoms with Crippen LogP contribution in [0, 0.1) is 0 Å². The van der Waals surface area contributed by atoms with Gasteiger partial charge in [-0.1, -0.05) is 44.2 Å². The van der Waals surface area contributed by atoms with Crippen molar-refractivity contribution in [3.63, 3.8) is 0 Å². The van der Waals surface area contributed by atoms with Crippen molar-refractivity contribution in [2.24, 2.45) is 0 Å². The monoisotopic (exact) mass is 327 g/mol. The Morgan fingerprint density at radius 1 is 1.30 bits per heavy atom. The van der Waals surface area contributed by atoms with Crippen molar-refractivity contribution in [1.29, 1.82) is 0 Å². The van der Waals surface area contributed by atoms with Gasteiger partial charge in [-0.3, -0.25) is 4.57 Å². The molecule has 0 spiro atoms. The Bertz CT molecular complexity index is 900. The molecule has 0 fully saturated rings. The van der Waals surface area contributed by atoms with Gasteiger partial charge in [-0.2, -0.15) is 0 Å². The Labute approximate surface area is 137 Å². The molecule has 118 valence electrons. The quantitative estimate of drug-likeness (QED) is 0.741. The van der Waals surface area contributed by atoms with Crippen LogP contribution in [0.1, 0.15) is 31.3 Å². The summed E-state index contributed by atoms with van der Waals surface area (Å²) in [5.41, 5.74) is 2.59. The van der Waals surface area contributed by atoms with E-state index in [0.29, 0.717) is 0 Å². The van der Waals surface area contributed by atoms with Crippen LogP contribution in [-0.2, 0) is 10.2 Å². The highest BCUT2D eigenvalue weighted by atomic mass is 32.1. The van der Waals surface area contributed by atoms with E-state index in [2.05, 4.69) is 25.8 Å². The zero-order valence-electron chi connectivity index (χ0n) is 13.1. The molecule has 0 saturated heterocycles. The zero-order valence-corrected chi connectivity index (χ0v) is 14.0. The minimum atomic E-state index is -0.965. The summed E-state index contributed by atoms with van der Waals surface area (Å²) >= 11 is 1.46. The molecule has 0 aliphatic heterocycles. The fraction of sp³-hybridized carbons (Fsp3) is 0.235. The van der Waals surface area contributed by atoms with E-state index in [-0.39, 0.29) is 5.41 Å². The number of fused-ring (bicyclic) bond motifs is 1. The van der Waals surface area contributed by atoms with Crippen molar-refractivity contribution in [2.75, 3.05) is 0 Å². The smallest absolute Gasteiger partial charge is 0.328 e. The Morgan fingerprint density at radius 3 is 2.74 bits per heavy atom. The number of aliphatic carboxylic acids is 1. The lowest BCUT2D eigenvalue weighted by Crippen LogP contribution is -2.13. The van der Waals surface area contributed by atoms with Crippen molar-refractivity contribution >= 4 is 34.4 Å². The maximum absolute atomic E-state index is 10.8. The van der Waals surface area contributed by atoms with Gasteiger partial charge in [-0.05, 0) is 18.2 Å². The van der Waals surface area contributed by atoms with Crippen LogP contribution in [0.25, 0.3) is 22.2 Å². The molecule has 0 aliphatic carbocycles. The normalized spacial score (nSPS) is 12.3. The second kappa shape index (κ2) is 5.62. The SMILES string of the molecule is CC(C)(C)c1nc(-n2cnc3ccccc32)sc1/C=C/C(=O)O. The molecule has 0 saturated carbocycles. The largest absolute Gasteiger partial charge is 0.478 e. The average Bonchev–Trinajstić information content (AvgIpc) is 3.08. The third-order valence-electron chi connectivity index (χ3n) is 3.39. The number of carboxylic acid groups (broad SMARTS) is 1. The summed E-state index contributed by atoms with van der Waals surface area (Å²) in [5, 5.41) is 9.67. The molecule has 0 amide bonds. The van der Waals surface area contributed by atoms with E-state index in [1.807, 2.05) is 28.8 Å². The minimum absolute atomic E-state index is 0.177. The topological polar surface area (TPSA) is 68.0 Å². The minimum Gasteiger partial charge on any atom is -0.478 e. The number of benzene rings is 1. The van der Waals surface area contributed by atoms with Crippen LogP contribution in [0.3, 0.4) is 0 Å². The van der Waals surface area contributed by atoms with Crippen LogP contribution in [0.2, 0.25) is 0 Å². The van der Waals surface area contributed by atoms with Crippen molar-refractivity contribution in [3.8, 4) is 5.13 Å². The summed E-state index contributed by atoms with van der Waals surface area (Å²) in [6, 6.07) is 7.86. The second-order valence-electron chi connectivity index (χ2n) is 6.23. The maximum Gasteiger partial charge on any atom is 0.328 e. The van der Waals surface area contributed by atoms with E-state index in [0.717, 1.165) is 32.8 Å². The van der Waals surface area contributed by atoms with Gasteiger partial charge in [-0.15, -0.1) is 0 Å². The molecule has 0 atom stereocenters. The molecule has 0 unspecified atom stereocenters. The number of imidazole rings is 1. The molecule has 5 nitrogen and oxygen atoms in total. The number of nitrogens with zero attached hydrogens (tertiary/aromatic N) is 3. The molecule has 0 aliphatic rings. The van der Waals surface area contributed by atoms with Gasteiger partial charge < -0.3 is 5.11 Å². The van der Waals surface area contributed by atoms with Crippen LogP contribution in [0.15, 0.2) is 36.7 Å². The van der Waals surface area contributed by atoms with Crippen LogP contribution in [-0.4, -0.2) is 25.6 Å². The first-order valence-corrected chi connectivity index (χ1v) is 8.02. The molecule has 0 bridgehead atoms. The van der Waals surface area contributed by atoms with E-state index < -0.39 is 5.97 Å². The summed E-state index contributed by atoms with van der Waals surface area (Å²) in [5.74, 6) is -0.965. The van der Waals surface area contributed by atoms with Crippen molar-refractivity contribution < 1.29 is 9.90 Å². The van der Waals surface area contributed by atoms with Crippen LogP contribution < -0.4 is 0 Å². The maximum atomic E-state index is 10.8. The molecule has 3 aromatic rings. The number of thiazole rings is 1. The van der Waals surface area contributed by atoms with Gasteiger partial charge in [0.05, 0.1) is 21.6 Å². The first-order valence-electron chi connectivity index (χ1n) is 7.21. The number of rotatable bonds is 3. The van der Waals surface area contributed by atoms with Gasteiger partial charge in [0.1, 0.15) is 6.33 Å². The highest BCUT2D eigenvalue weighted by Gasteiger charge is 2.23. The summed E-state index contributed by atoms with van der Waals surface area (Å²) in [6.45, 7) is 6.20. The van der Waals surface area contributed by atoms with Gasteiger partial charge in [0.15, 0.2) is 5.13 Å². The van der Waals surface area contributed by atoms with Crippen LogP contribution in [0.5, 0.6) is 0 Å². The van der Waals surface area contributed by atoms with Gasteiger partial charge in [-0.25, -0.2) is 14.8 Å². The van der Waals surface area contributed by atoms with E-state index in [1.54, 1.807) is 12.4 Å². The molecule has 0 radical (unpaired) electrons. The number of hydrogen-bond donors (Lipinski definition) is 1. The third kappa shape index (κ3) is 3.03. The Morgan fingerprint density at radius 2 is 2.04 bits per heavy atom. The lowest BCUT2D eigenvalue weighted by atomic mass is 9.91. The molecule has 1 N–H and O–H groups in total. The molecule has 1 aromatic carbocycles. The van der Waals surface area contributed by atoms with Gasteiger partial charge in [0.2, 0.25) is 0 Å². The lowest BCUT2D eigenvalue weighted by molar-refractivity contribution is -0.131. The highest BCUT2D eigenvalue weighted by Crippen LogP contribution is 2.33. The first kappa shape index (κ1) is 15.4. The number of aromatic nitrogens is 3. The molecule has 2 heterocycles. The average molecular weight is 327 g/mol. The van der Waals surface area contributed by atoms with Gasteiger partial charge >= 0.3 is 5.97 Å². The second-order valence-corrected chi connectivity index (χ2v) is 7.24. The van der Waals surface area contributed by atoms with E-state index in [9.17, 15) is 4.79 Å². The number of carboxylic acids is 1. The molecule has 3 rings (SSSR count). The fourth-order valence-electron chi connectivity index (χ4n) is 2.33. The zero-order chi connectivity index (χ0) is 16.6. The third-order valence-corrected chi connectivity index (χ3v) is 4.41. The predicted octanol–water partition coefficient (Wildman–Crippen LogP) is 3.88. The lowest BCUT2D eigenvalue weighted by Gasteiger charge is -2.16. The Kier molecular flexibility index (Phi) is 3.77. The fourth-order valence-corrected chi connectivity index (χ4v) is 3.49. The molecule has 2 aromatic heterocycles. The summed E-state index contributed by atoms with van der Waals surface area (Å²) in [7, 11) is 0. The Balaban J connectivity index is 2.15. The summed E-state index contributed by atoms with van der Waals surface area (Å²) in [6.07, 6.45) is 4.52. The molecular formula is C17H17N3O2S. The number of para-hydroxylation sites is 2. The van der Waals surface area contributed by atoms with Crippen LogP contribution >= 0.6 is 11.3 Å². The van der Waals surface area contributed by atoms with E-state index in [4.69, 9.17) is 10.1 Å². The van der Waals surface area contributed by atoms with E-state index >= 15 is 0 Å². The number of hydrogen-bond acceptors (Lipinski definition) is 4. The molecular weight excluding hydrogens is 310 g/mol. The van der Waals surface area contributed by atoms with Crippen molar-refractivity contribution in [2.45, 2.75) is 26.2 Å². The highest BCUT2D eigenvalue weighted by molar-refractivity contribution is 7.15. The van der Waals surface area contributed by atoms with Crippen molar-refractivity contribution in [1.82, 2.24) is 14.5 Å². The van der Waals surface area contributed by atoms with E-state index in [1.165, 1.54) is 11.3 Å². The van der Waals surface area contributed by atoms with Gasteiger partial charge in [0, 0.05) is 11.5 Å². The predicted molar refractivity (Wildman–Crippen MR) is 92.1 cm³/mol. The molecule has 6 heteroatoms. The van der Waals surface area contributed by atoms with Crippen molar-refractivity contribution in [3.05, 3.63) is 47.2 Å². The first-order chi connectivity index (χ1) is 10.9. The Hall–Kier alpha value is -2.47. The standard InChI is InChI=1S/C17H17N3O2S/c1-17(2,3)15-13(8-9-14(21)22)23-16(19-15)20-10-18-11-6-4-5-7-12(11)20/h4-10H,1-3H3,(H,21,22)/b9-8+. The van der Waals surface area contributed by atoms with Gasteiger partial charge in [0.25, 0.3) is 0 Å². The molecule has 23 heavy (non-hydrogen) atoms. The summed E-state index contributed by atoms with van der Waals surface area (Å²) in [4.78, 5) is 20.8.